The van der Waals surface area contributed by atoms with E-state index in [9.17, 15) is 9.59 Å². The van der Waals surface area contributed by atoms with Crippen molar-refractivity contribution in [1.82, 2.24) is 9.78 Å². The van der Waals surface area contributed by atoms with Crippen LogP contribution in [0.5, 0.6) is 5.75 Å². The molecule has 0 unspecified atom stereocenters. The fraction of sp³-hybridized carbons (Fsp3) is 0.235. The highest BCUT2D eigenvalue weighted by Gasteiger charge is 2.12. The largest absolute Gasteiger partial charge is 0.479 e. The SMILES string of the molecule is Cc1nn(C)cc1C(=O)/C=C/c1cccc(O[C@@H](C)C(=O)O)c1. The van der Waals surface area contributed by atoms with Gasteiger partial charge in [-0.2, -0.15) is 5.10 Å². The third-order valence-electron chi connectivity index (χ3n) is 3.22. The highest BCUT2D eigenvalue weighted by Crippen LogP contribution is 2.17. The van der Waals surface area contributed by atoms with Gasteiger partial charge in [0.25, 0.3) is 0 Å². The maximum atomic E-state index is 12.2. The fourth-order valence-electron chi connectivity index (χ4n) is 2.05. The van der Waals surface area contributed by atoms with Crippen molar-refractivity contribution in [1.29, 1.82) is 0 Å². The Balaban J connectivity index is 2.12. The van der Waals surface area contributed by atoms with Gasteiger partial charge in [-0.1, -0.05) is 18.2 Å². The molecule has 0 bridgehead atoms. The van der Waals surface area contributed by atoms with Crippen molar-refractivity contribution in [2.75, 3.05) is 0 Å². The van der Waals surface area contributed by atoms with E-state index in [0.29, 0.717) is 17.0 Å². The lowest BCUT2D eigenvalue weighted by Gasteiger charge is -2.10. The molecule has 23 heavy (non-hydrogen) atoms. The number of carbonyl (C=O) groups excluding carboxylic acids is 1. The molecule has 120 valence electrons. The summed E-state index contributed by atoms with van der Waals surface area (Å²) in [4.78, 5) is 23.0. The molecule has 1 aromatic carbocycles. The number of hydrogen-bond acceptors (Lipinski definition) is 4. The van der Waals surface area contributed by atoms with Crippen molar-refractivity contribution in [3.63, 3.8) is 0 Å². The monoisotopic (exact) mass is 314 g/mol. The predicted octanol–water partition coefficient (Wildman–Crippen LogP) is 2.48. The van der Waals surface area contributed by atoms with Gasteiger partial charge in [-0.3, -0.25) is 9.48 Å². The summed E-state index contributed by atoms with van der Waals surface area (Å²) in [6.07, 6.45) is 3.86. The number of ketones is 1. The molecule has 1 heterocycles. The van der Waals surface area contributed by atoms with Crippen LogP contribution in [0.2, 0.25) is 0 Å². The molecule has 0 aliphatic rings. The summed E-state index contributed by atoms with van der Waals surface area (Å²) < 4.78 is 6.89. The second kappa shape index (κ2) is 6.91. The minimum Gasteiger partial charge on any atom is -0.479 e. The molecule has 2 rings (SSSR count). The number of carboxylic acid groups (broad SMARTS) is 1. The van der Waals surface area contributed by atoms with Crippen LogP contribution in [0.4, 0.5) is 0 Å². The van der Waals surface area contributed by atoms with Gasteiger partial charge < -0.3 is 9.84 Å². The Hall–Kier alpha value is -2.89. The Morgan fingerprint density at radius 3 is 2.74 bits per heavy atom. The third kappa shape index (κ3) is 4.29. The lowest BCUT2D eigenvalue weighted by atomic mass is 10.1. The fourth-order valence-corrected chi connectivity index (χ4v) is 2.05. The zero-order valence-corrected chi connectivity index (χ0v) is 13.2. The quantitative estimate of drug-likeness (QED) is 0.654. The Kier molecular flexibility index (Phi) is 4.95. The van der Waals surface area contributed by atoms with Crippen LogP contribution < -0.4 is 4.74 Å². The van der Waals surface area contributed by atoms with Crippen molar-refractivity contribution < 1.29 is 19.4 Å². The van der Waals surface area contributed by atoms with Gasteiger partial charge in [0, 0.05) is 13.2 Å². The first-order chi connectivity index (χ1) is 10.9. The molecule has 1 N–H and O–H groups in total. The number of carbonyl (C=O) groups is 2. The van der Waals surface area contributed by atoms with E-state index in [-0.39, 0.29) is 5.78 Å². The number of allylic oxidation sites excluding steroid dienone is 1. The van der Waals surface area contributed by atoms with Crippen molar-refractivity contribution >= 4 is 17.8 Å². The molecule has 6 heteroatoms. The van der Waals surface area contributed by atoms with Crippen molar-refractivity contribution in [2.45, 2.75) is 20.0 Å². The van der Waals surface area contributed by atoms with E-state index in [0.717, 1.165) is 5.56 Å². The van der Waals surface area contributed by atoms with Crippen LogP contribution in [0.15, 0.2) is 36.5 Å². The van der Waals surface area contributed by atoms with Gasteiger partial charge in [-0.25, -0.2) is 4.79 Å². The van der Waals surface area contributed by atoms with Crippen molar-refractivity contribution in [2.24, 2.45) is 7.05 Å². The smallest absolute Gasteiger partial charge is 0.344 e. The molecule has 0 aliphatic heterocycles. The third-order valence-corrected chi connectivity index (χ3v) is 3.22. The molecule has 0 aliphatic carbocycles. The summed E-state index contributed by atoms with van der Waals surface area (Å²) >= 11 is 0. The summed E-state index contributed by atoms with van der Waals surface area (Å²) in [5.41, 5.74) is 1.97. The summed E-state index contributed by atoms with van der Waals surface area (Å²) in [7, 11) is 1.76. The molecule has 0 fully saturated rings. The van der Waals surface area contributed by atoms with E-state index in [1.807, 2.05) is 0 Å². The van der Waals surface area contributed by atoms with E-state index in [2.05, 4.69) is 5.10 Å². The molecule has 0 spiro atoms. The molecule has 0 saturated heterocycles. The van der Waals surface area contributed by atoms with Crippen LogP contribution in [0.25, 0.3) is 6.08 Å². The van der Waals surface area contributed by atoms with Crippen molar-refractivity contribution in [3.8, 4) is 5.75 Å². The first-order valence-corrected chi connectivity index (χ1v) is 7.09. The second-order valence-corrected chi connectivity index (χ2v) is 5.17. The minimum absolute atomic E-state index is 0.138. The molecule has 0 saturated carbocycles. The number of rotatable bonds is 6. The predicted molar refractivity (Wildman–Crippen MR) is 85.5 cm³/mol. The van der Waals surface area contributed by atoms with Gasteiger partial charge in [-0.15, -0.1) is 0 Å². The summed E-state index contributed by atoms with van der Waals surface area (Å²) in [6, 6.07) is 6.89. The van der Waals surface area contributed by atoms with Crippen LogP contribution in [-0.4, -0.2) is 32.7 Å². The number of hydrogen-bond donors (Lipinski definition) is 1. The Bertz CT molecular complexity index is 762. The van der Waals surface area contributed by atoms with Crippen LogP contribution >= 0.6 is 0 Å². The Morgan fingerprint density at radius 2 is 2.13 bits per heavy atom. The van der Waals surface area contributed by atoms with Gasteiger partial charge in [0.2, 0.25) is 0 Å². The minimum atomic E-state index is -1.03. The van der Waals surface area contributed by atoms with E-state index in [1.54, 1.807) is 55.2 Å². The molecule has 2 aromatic rings. The number of aliphatic carboxylic acids is 1. The topological polar surface area (TPSA) is 81.4 Å². The van der Waals surface area contributed by atoms with E-state index in [1.165, 1.54) is 13.0 Å². The summed E-state index contributed by atoms with van der Waals surface area (Å²) in [5, 5.41) is 13.0. The average molecular weight is 314 g/mol. The van der Waals surface area contributed by atoms with Crippen LogP contribution in [-0.2, 0) is 11.8 Å². The van der Waals surface area contributed by atoms with Gasteiger partial charge in [-0.05, 0) is 37.6 Å². The molecular formula is C17H18N2O4. The molecule has 0 amide bonds. The zero-order valence-electron chi connectivity index (χ0n) is 13.2. The van der Waals surface area contributed by atoms with Gasteiger partial charge in [0.05, 0.1) is 11.3 Å². The Labute approximate surface area is 134 Å². The number of aryl methyl sites for hydroxylation is 2. The highest BCUT2D eigenvalue weighted by atomic mass is 16.5. The first kappa shape index (κ1) is 16.5. The average Bonchev–Trinajstić information content (AvgIpc) is 2.84. The van der Waals surface area contributed by atoms with Crippen LogP contribution in [0.3, 0.4) is 0 Å². The number of aromatic nitrogens is 2. The molecule has 0 radical (unpaired) electrons. The number of nitrogens with zero attached hydrogens (tertiary/aromatic N) is 2. The number of ether oxygens (including phenoxy) is 1. The van der Waals surface area contributed by atoms with Gasteiger partial charge >= 0.3 is 5.97 Å². The zero-order chi connectivity index (χ0) is 17.0. The van der Waals surface area contributed by atoms with Gasteiger partial charge in [0.15, 0.2) is 11.9 Å². The molecule has 1 atom stereocenters. The molecular weight excluding hydrogens is 296 g/mol. The maximum absolute atomic E-state index is 12.2. The first-order valence-electron chi connectivity index (χ1n) is 7.09. The second-order valence-electron chi connectivity index (χ2n) is 5.17. The summed E-state index contributed by atoms with van der Waals surface area (Å²) in [6.45, 7) is 3.24. The lowest BCUT2D eigenvalue weighted by Crippen LogP contribution is -2.22. The normalized spacial score (nSPS) is 12.3. The van der Waals surface area contributed by atoms with E-state index < -0.39 is 12.1 Å². The van der Waals surface area contributed by atoms with Crippen LogP contribution in [0.1, 0.15) is 28.5 Å². The van der Waals surface area contributed by atoms with Crippen LogP contribution in [0, 0.1) is 6.92 Å². The number of carboxylic acids is 1. The lowest BCUT2D eigenvalue weighted by molar-refractivity contribution is -0.144. The van der Waals surface area contributed by atoms with Crippen molar-refractivity contribution in [3.05, 3.63) is 53.4 Å². The summed E-state index contributed by atoms with van der Waals surface area (Å²) in [5.74, 6) is -0.735. The van der Waals surface area contributed by atoms with Gasteiger partial charge in [0.1, 0.15) is 5.75 Å². The Morgan fingerprint density at radius 1 is 1.39 bits per heavy atom. The molecule has 6 nitrogen and oxygen atoms in total. The number of benzene rings is 1. The highest BCUT2D eigenvalue weighted by molar-refractivity contribution is 6.07. The standard InChI is InChI=1S/C17H18N2O4/c1-11-15(10-19(3)18-11)16(20)8-7-13-5-4-6-14(9-13)23-12(2)17(21)22/h4-10,12H,1-3H3,(H,21,22)/b8-7+/t12-/m0/s1. The molecule has 1 aromatic heterocycles. The van der Waals surface area contributed by atoms with E-state index in [4.69, 9.17) is 9.84 Å². The van der Waals surface area contributed by atoms with E-state index >= 15 is 0 Å². The maximum Gasteiger partial charge on any atom is 0.344 e.